The van der Waals surface area contributed by atoms with Crippen LogP contribution in [0, 0.1) is 6.92 Å². The van der Waals surface area contributed by atoms with Gasteiger partial charge in [-0.2, -0.15) is 0 Å². The molecule has 72 valence electrons. The van der Waals surface area contributed by atoms with E-state index in [1.807, 2.05) is 19.1 Å². The molecule has 2 rings (SSSR count). The Balaban J connectivity index is 2.51. The Hall–Kier alpha value is -0.450. The third-order valence-corrected chi connectivity index (χ3v) is 3.22. The fraction of sp³-hybridized carbons (Fsp3) is 0.111. The number of rotatable bonds is 1. The van der Waals surface area contributed by atoms with Crippen molar-refractivity contribution in [2.24, 2.45) is 0 Å². The summed E-state index contributed by atoms with van der Waals surface area (Å²) in [6, 6.07) is 6.11. The van der Waals surface area contributed by atoms with Crippen LogP contribution in [0.25, 0.3) is 10.6 Å². The number of nitrogens with zero attached hydrogens (tertiary/aromatic N) is 2. The van der Waals surface area contributed by atoms with Crippen LogP contribution in [0.15, 0.2) is 22.7 Å². The predicted molar refractivity (Wildman–Crippen MR) is 62.8 cm³/mol. The summed E-state index contributed by atoms with van der Waals surface area (Å²) < 4.78 is 1.51. The minimum Gasteiger partial charge on any atom is -0.137 e. The second-order valence-electron chi connectivity index (χ2n) is 2.88. The minimum absolute atomic E-state index is 0.470. The second-order valence-corrected chi connectivity index (χ2v) is 5.35. The lowest BCUT2D eigenvalue weighted by atomic mass is 10.1. The molecule has 0 fully saturated rings. The molecule has 0 unspecified atom stereocenters. The Morgan fingerprint density at radius 1 is 1.29 bits per heavy atom. The van der Waals surface area contributed by atoms with E-state index in [0.717, 1.165) is 15.0 Å². The molecule has 0 bridgehead atoms. The van der Waals surface area contributed by atoms with Crippen molar-refractivity contribution >= 4 is 38.9 Å². The first-order chi connectivity index (χ1) is 6.65. The lowest BCUT2D eigenvalue weighted by molar-refractivity contribution is 1.09. The minimum atomic E-state index is 0.470. The summed E-state index contributed by atoms with van der Waals surface area (Å²) in [6.45, 7) is 2.04. The van der Waals surface area contributed by atoms with Crippen LogP contribution >= 0.6 is 38.9 Å². The number of aromatic nitrogens is 2. The standard InChI is InChI=1S/C9H6BrClN2S/c1-5-2-6(4-7(10)3-5)8-12-13-9(11)14-8/h2-4H,1H3. The fourth-order valence-electron chi connectivity index (χ4n) is 1.18. The Kier molecular flexibility index (Phi) is 2.85. The van der Waals surface area contributed by atoms with Gasteiger partial charge in [0.1, 0.15) is 5.01 Å². The van der Waals surface area contributed by atoms with Gasteiger partial charge in [0.25, 0.3) is 0 Å². The Morgan fingerprint density at radius 2 is 2.07 bits per heavy atom. The van der Waals surface area contributed by atoms with Crippen molar-refractivity contribution in [2.45, 2.75) is 6.92 Å². The van der Waals surface area contributed by atoms with Gasteiger partial charge in [-0.1, -0.05) is 27.3 Å². The van der Waals surface area contributed by atoms with Gasteiger partial charge in [-0.15, -0.1) is 10.2 Å². The molecule has 0 atom stereocenters. The van der Waals surface area contributed by atoms with Crippen molar-refractivity contribution in [3.05, 3.63) is 32.7 Å². The first kappa shape index (κ1) is 10.1. The molecule has 0 aliphatic carbocycles. The van der Waals surface area contributed by atoms with Gasteiger partial charge in [-0.3, -0.25) is 0 Å². The second kappa shape index (κ2) is 3.96. The summed E-state index contributed by atoms with van der Waals surface area (Å²) in [4.78, 5) is 0. The van der Waals surface area contributed by atoms with Crippen molar-refractivity contribution in [3.63, 3.8) is 0 Å². The molecule has 0 amide bonds. The first-order valence-corrected chi connectivity index (χ1v) is 5.90. The Morgan fingerprint density at radius 3 is 2.64 bits per heavy atom. The third kappa shape index (κ3) is 2.13. The molecule has 2 nitrogen and oxygen atoms in total. The highest BCUT2D eigenvalue weighted by atomic mass is 79.9. The van der Waals surface area contributed by atoms with E-state index >= 15 is 0 Å². The summed E-state index contributed by atoms with van der Waals surface area (Å²) in [6.07, 6.45) is 0. The molecule has 0 aliphatic rings. The van der Waals surface area contributed by atoms with Crippen molar-refractivity contribution in [1.82, 2.24) is 10.2 Å². The van der Waals surface area contributed by atoms with E-state index in [4.69, 9.17) is 11.6 Å². The summed E-state index contributed by atoms with van der Waals surface area (Å²) in [7, 11) is 0. The molecule has 1 aromatic carbocycles. The molecular formula is C9H6BrClN2S. The number of hydrogen-bond acceptors (Lipinski definition) is 3. The predicted octanol–water partition coefficient (Wildman–Crippen LogP) is 3.93. The fourth-order valence-corrected chi connectivity index (χ4v) is 2.61. The molecule has 2 aromatic rings. The molecule has 0 aliphatic heterocycles. The zero-order valence-corrected chi connectivity index (χ0v) is 10.4. The summed E-state index contributed by atoms with van der Waals surface area (Å²) in [5, 5.41) is 8.60. The monoisotopic (exact) mass is 288 g/mol. The molecule has 5 heteroatoms. The molecule has 14 heavy (non-hydrogen) atoms. The molecule has 0 saturated carbocycles. The molecule has 1 aromatic heterocycles. The average molecular weight is 290 g/mol. The van der Waals surface area contributed by atoms with Gasteiger partial charge in [-0.05, 0) is 42.3 Å². The Labute approximate surface area is 99.1 Å². The van der Waals surface area contributed by atoms with Gasteiger partial charge in [-0.25, -0.2) is 0 Å². The van der Waals surface area contributed by atoms with Gasteiger partial charge in [0.05, 0.1) is 0 Å². The number of aryl methyl sites for hydroxylation is 1. The van der Waals surface area contributed by atoms with Crippen LogP contribution in [0.4, 0.5) is 0 Å². The molecule has 0 saturated heterocycles. The quantitative estimate of drug-likeness (QED) is 0.795. The summed E-state index contributed by atoms with van der Waals surface area (Å²) in [5.41, 5.74) is 2.22. The highest BCUT2D eigenvalue weighted by Gasteiger charge is 2.05. The van der Waals surface area contributed by atoms with Gasteiger partial charge >= 0.3 is 0 Å². The molecule has 1 heterocycles. The largest absolute Gasteiger partial charge is 0.207 e. The van der Waals surface area contributed by atoms with E-state index in [0.29, 0.717) is 4.47 Å². The van der Waals surface area contributed by atoms with Crippen LogP contribution in [0.2, 0.25) is 4.47 Å². The zero-order chi connectivity index (χ0) is 10.1. The van der Waals surface area contributed by atoms with Crippen LogP contribution < -0.4 is 0 Å². The van der Waals surface area contributed by atoms with Crippen LogP contribution in [0.3, 0.4) is 0 Å². The topological polar surface area (TPSA) is 25.8 Å². The smallest absolute Gasteiger partial charge is 0.137 e. The maximum atomic E-state index is 5.72. The van der Waals surface area contributed by atoms with Crippen LogP contribution in [0.1, 0.15) is 5.56 Å². The summed E-state index contributed by atoms with van der Waals surface area (Å²) >= 11 is 10.5. The maximum Gasteiger partial charge on any atom is 0.207 e. The van der Waals surface area contributed by atoms with Gasteiger partial charge in [0.15, 0.2) is 0 Å². The van der Waals surface area contributed by atoms with E-state index in [-0.39, 0.29) is 0 Å². The number of benzene rings is 1. The van der Waals surface area contributed by atoms with Crippen molar-refractivity contribution < 1.29 is 0 Å². The lowest BCUT2D eigenvalue weighted by Gasteiger charge is -1.99. The van der Waals surface area contributed by atoms with E-state index in [1.54, 1.807) is 0 Å². The molecule has 0 spiro atoms. The van der Waals surface area contributed by atoms with Crippen molar-refractivity contribution in [1.29, 1.82) is 0 Å². The number of hydrogen-bond donors (Lipinski definition) is 0. The van der Waals surface area contributed by atoms with Crippen molar-refractivity contribution in [2.75, 3.05) is 0 Å². The Bertz CT molecular complexity index is 449. The van der Waals surface area contributed by atoms with E-state index in [1.165, 1.54) is 16.9 Å². The van der Waals surface area contributed by atoms with E-state index in [9.17, 15) is 0 Å². The van der Waals surface area contributed by atoms with E-state index in [2.05, 4.69) is 32.2 Å². The summed E-state index contributed by atoms with van der Waals surface area (Å²) in [5.74, 6) is 0. The SMILES string of the molecule is Cc1cc(Br)cc(-c2nnc(Cl)s2)c1. The lowest BCUT2D eigenvalue weighted by Crippen LogP contribution is -1.79. The molecule has 0 N–H and O–H groups in total. The average Bonchev–Trinajstić information content (AvgIpc) is 2.50. The van der Waals surface area contributed by atoms with Gasteiger partial charge in [0, 0.05) is 10.0 Å². The van der Waals surface area contributed by atoms with Gasteiger partial charge < -0.3 is 0 Å². The molecule has 0 radical (unpaired) electrons. The third-order valence-electron chi connectivity index (χ3n) is 1.69. The highest BCUT2D eigenvalue weighted by molar-refractivity contribution is 9.10. The van der Waals surface area contributed by atoms with Crippen LogP contribution in [-0.2, 0) is 0 Å². The van der Waals surface area contributed by atoms with E-state index < -0.39 is 0 Å². The highest BCUT2D eigenvalue weighted by Crippen LogP contribution is 2.28. The van der Waals surface area contributed by atoms with Crippen LogP contribution in [-0.4, -0.2) is 10.2 Å². The molecular weight excluding hydrogens is 284 g/mol. The normalized spacial score (nSPS) is 10.5. The zero-order valence-electron chi connectivity index (χ0n) is 7.29. The number of halogens is 2. The van der Waals surface area contributed by atoms with Crippen LogP contribution in [0.5, 0.6) is 0 Å². The van der Waals surface area contributed by atoms with Crippen molar-refractivity contribution in [3.8, 4) is 10.6 Å². The van der Waals surface area contributed by atoms with Gasteiger partial charge in [0.2, 0.25) is 4.47 Å². The first-order valence-electron chi connectivity index (χ1n) is 3.92. The maximum absolute atomic E-state index is 5.72.